The van der Waals surface area contributed by atoms with Crippen molar-refractivity contribution in [3.05, 3.63) is 182 Å². The van der Waals surface area contributed by atoms with E-state index in [2.05, 4.69) is 187 Å². The molecule has 0 aliphatic rings. The molecule has 240 valence electrons. The molecule has 51 heavy (non-hydrogen) atoms. The molecule has 4 heteroatoms. The van der Waals surface area contributed by atoms with Crippen molar-refractivity contribution < 1.29 is 0 Å². The molecule has 0 saturated carbocycles. The summed E-state index contributed by atoms with van der Waals surface area (Å²) in [4.78, 5) is 7.41. The van der Waals surface area contributed by atoms with Crippen LogP contribution in [0.3, 0.4) is 0 Å². The SMILES string of the molecule is c1ccc(-c2ccc(N(c3ccc(-c4cccc5ccccc45)cc3)c3ccc4c(c3)sc3cc5sc(-c6ccccc6)nc5cc34)cc2)cc1. The minimum Gasteiger partial charge on any atom is -0.310 e. The lowest BCUT2D eigenvalue weighted by Gasteiger charge is -2.26. The summed E-state index contributed by atoms with van der Waals surface area (Å²) in [6, 6.07) is 65.6. The van der Waals surface area contributed by atoms with Crippen LogP contribution >= 0.6 is 22.7 Å². The summed E-state index contributed by atoms with van der Waals surface area (Å²) >= 11 is 3.62. The van der Waals surface area contributed by atoms with Crippen LogP contribution in [0.25, 0.3) is 74.0 Å². The van der Waals surface area contributed by atoms with Crippen molar-refractivity contribution in [2.75, 3.05) is 4.90 Å². The van der Waals surface area contributed by atoms with Crippen LogP contribution in [-0.2, 0) is 0 Å². The third-order valence-electron chi connectivity index (χ3n) is 9.70. The van der Waals surface area contributed by atoms with Crippen molar-refractivity contribution in [2.24, 2.45) is 0 Å². The Balaban J connectivity index is 1.07. The summed E-state index contributed by atoms with van der Waals surface area (Å²) in [6.07, 6.45) is 0. The fourth-order valence-corrected chi connectivity index (χ4v) is 9.40. The first kappa shape index (κ1) is 29.8. The van der Waals surface area contributed by atoms with Gasteiger partial charge in [0.25, 0.3) is 0 Å². The van der Waals surface area contributed by atoms with Gasteiger partial charge in [0.05, 0.1) is 10.2 Å². The summed E-state index contributed by atoms with van der Waals surface area (Å²) in [5, 5.41) is 6.11. The van der Waals surface area contributed by atoms with Crippen molar-refractivity contribution in [3.8, 4) is 32.8 Å². The van der Waals surface area contributed by atoms with Crippen molar-refractivity contribution in [3.63, 3.8) is 0 Å². The Bertz CT molecular complexity index is 2830. The second-order valence-electron chi connectivity index (χ2n) is 12.8. The molecular weight excluding hydrogens is 657 g/mol. The first-order chi connectivity index (χ1) is 25.2. The molecule has 0 atom stereocenters. The molecule has 0 saturated heterocycles. The quantitative estimate of drug-likeness (QED) is 0.173. The third-order valence-corrected chi connectivity index (χ3v) is 11.9. The number of hydrogen-bond donors (Lipinski definition) is 0. The molecule has 0 amide bonds. The molecule has 0 aliphatic heterocycles. The minimum atomic E-state index is 1.06. The van der Waals surface area contributed by atoms with Crippen LogP contribution in [0.4, 0.5) is 17.1 Å². The maximum Gasteiger partial charge on any atom is 0.124 e. The van der Waals surface area contributed by atoms with Gasteiger partial charge in [0.1, 0.15) is 5.01 Å². The molecule has 0 bridgehead atoms. The maximum atomic E-state index is 5.03. The Morgan fingerprint density at radius 1 is 0.373 bits per heavy atom. The number of benzene rings is 8. The molecule has 10 aromatic rings. The van der Waals surface area contributed by atoms with Gasteiger partial charge in [0.2, 0.25) is 0 Å². The van der Waals surface area contributed by atoms with Crippen molar-refractivity contribution in [1.82, 2.24) is 4.98 Å². The molecule has 10 rings (SSSR count). The molecule has 8 aromatic carbocycles. The van der Waals surface area contributed by atoms with Crippen LogP contribution in [0, 0.1) is 0 Å². The number of fused-ring (bicyclic) bond motifs is 5. The van der Waals surface area contributed by atoms with E-state index in [1.807, 2.05) is 11.3 Å². The molecular formula is C47H30N2S2. The lowest BCUT2D eigenvalue weighted by molar-refractivity contribution is 1.29. The lowest BCUT2D eigenvalue weighted by atomic mass is 9.98. The Kier molecular flexibility index (Phi) is 7.23. The van der Waals surface area contributed by atoms with Crippen LogP contribution in [0.5, 0.6) is 0 Å². The normalized spacial score (nSPS) is 11.5. The van der Waals surface area contributed by atoms with Gasteiger partial charge in [-0.15, -0.1) is 22.7 Å². The molecule has 2 nitrogen and oxygen atoms in total. The maximum absolute atomic E-state index is 5.03. The van der Waals surface area contributed by atoms with Gasteiger partial charge in [-0.3, -0.25) is 0 Å². The summed E-state index contributed by atoms with van der Waals surface area (Å²) in [7, 11) is 0. The third kappa shape index (κ3) is 5.37. The predicted octanol–water partition coefficient (Wildman–Crippen LogP) is 14.3. The van der Waals surface area contributed by atoms with Gasteiger partial charge < -0.3 is 4.90 Å². The van der Waals surface area contributed by atoms with Crippen LogP contribution in [0.15, 0.2) is 182 Å². The molecule has 0 N–H and O–H groups in total. The van der Waals surface area contributed by atoms with E-state index < -0.39 is 0 Å². The number of thiophene rings is 1. The number of rotatable bonds is 6. The van der Waals surface area contributed by atoms with E-state index >= 15 is 0 Å². The molecule has 2 heterocycles. The van der Waals surface area contributed by atoms with Crippen molar-refractivity contribution >= 4 is 80.9 Å². The van der Waals surface area contributed by atoms with Gasteiger partial charge in [-0.05, 0) is 81.6 Å². The second kappa shape index (κ2) is 12.4. The number of nitrogens with zero attached hydrogens (tertiary/aromatic N) is 2. The van der Waals surface area contributed by atoms with Gasteiger partial charge in [-0.1, -0.05) is 133 Å². The van der Waals surface area contributed by atoms with Gasteiger partial charge in [0.15, 0.2) is 0 Å². The first-order valence-electron chi connectivity index (χ1n) is 17.1. The van der Waals surface area contributed by atoms with Crippen LogP contribution in [0.1, 0.15) is 0 Å². The predicted molar refractivity (Wildman–Crippen MR) is 221 cm³/mol. The molecule has 0 radical (unpaired) electrons. The first-order valence-corrected chi connectivity index (χ1v) is 18.7. The number of hydrogen-bond acceptors (Lipinski definition) is 4. The van der Waals surface area contributed by atoms with Gasteiger partial charge in [-0.25, -0.2) is 4.98 Å². The average Bonchev–Trinajstić information content (AvgIpc) is 3.78. The lowest BCUT2D eigenvalue weighted by Crippen LogP contribution is -2.09. The van der Waals surface area contributed by atoms with E-state index in [0.29, 0.717) is 0 Å². The highest BCUT2D eigenvalue weighted by molar-refractivity contribution is 7.26. The van der Waals surface area contributed by atoms with Gasteiger partial charge >= 0.3 is 0 Å². The number of anilines is 3. The average molecular weight is 687 g/mol. The van der Waals surface area contributed by atoms with E-state index in [0.717, 1.165) is 27.6 Å². The molecule has 0 aliphatic carbocycles. The van der Waals surface area contributed by atoms with Crippen LogP contribution in [-0.4, -0.2) is 4.98 Å². The summed E-state index contributed by atoms with van der Waals surface area (Å²) in [5.74, 6) is 0. The van der Waals surface area contributed by atoms with Gasteiger partial charge in [-0.2, -0.15) is 0 Å². The topological polar surface area (TPSA) is 16.1 Å². The van der Waals surface area contributed by atoms with E-state index in [1.165, 1.54) is 63.5 Å². The fourth-order valence-electron chi connectivity index (χ4n) is 7.18. The largest absolute Gasteiger partial charge is 0.310 e. The Morgan fingerprint density at radius 3 is 1.75 bits per heavy atom. The molecule has 2 aromatic heterocycles. The summed E-state index contributed by atoms with van der Waals surface area (Å²) < 4.78 is 3.78. The number of thiazole rings is 1. The van der Waals surface area contributed by atoms with Gasteiger partial charge in [0, 0.05) is 42.8 Å². The molecule has 0 fully saturated rings. The molecule has 0 spiro atoms. The van der Waals surface area contributed by atoms with E-state index in [-0.39, 0.29) is 0 Å². The van der Waals surface area contributed by atoms with Crippen molar-refractivity contribution in [1.29, 1.82) is 0 Å². The smallest absolute Gasteiger partial charge is 0.124 e. The monoisotopic (exact) mass is 686 g/mol. The zero-order valence-electron chi connectivity index (χ0n) is 27.5. The van der Waals surface area contributed by atoms with Crippen LogP contribution < -0.4 is 4.90 Å². The highest BCUT2D eigenvalue weighted by Crippen LogP contribution is 2.43. The van der Waals surface area contributed by atoms with E-state index in [9.17, 15) is 0 Å². The Morgan fingerprint density at radius 2 is 0.980 bits per heavy atom. The minimum absolute atomic E-state index is 1.06. The number of aromatic nitrogens is 1. The Hall–Kier alpha value is -6.07. The zero-order valence-corrected chi connectivity index (χ0v) is 29.2. The van der Waals surface area contributed by atoms with E-state index in [1.54, 1.807) is 11.3 Å². The van der Waals surface area contributed by atoms with Crippen LogP contribution in [0.2, 0.25) is 0 Å². The fraction of sp³-hybridized carbons (Fsp3) is 0. The standard InChI is InChI=1S/C47H30N2S2/c1-3-10-31(11-4-1)32-18-22-36(23-19-32)49(37-24-20-34(21-25-37)40-17-9-15-33-12-7-8-16-39(33)40)38-26-27-41-42-29-43-46(30-45(42)50-44(41)28-38)51-47(48-43)35-13-5-2-6-14-35/h1-30H. The zero-order chi connectivity index (χ0) is 33.7. The summed E-state index contributed by atoms with van der Waals surface area (Å²) in [5.41, 5.74) is 10.5. The Labute approximate surface area is 304 Å². The highest BCUT2D eigenvalue weighted by atomic mass is 32.1. The summed E-state index contributed by atoms with van der Waals surface area (Å²) in [6.45, 7) is 0. The van der Waals surface area contributed by atoms with E-state index in [4.69, 9.17) is 4.98 Å². The second-order valence-corrected chi connectivity index (χ2v) is 14.9. The van der Waals surface area contributed by atoms with Crippen molar-refractivity contribution in [2.45, 2.75) is 0 Å². The molecule has 0 unspecified atom stereocenters. The highest BCUT2D eigenvalue weighted by Gasteiger charge is 2.17.